The third kappa shape index (κ3) is 1.75. The molecular weight excluding hydrogens is 226 g/mol. The maximum Gasteiger partial charge on any atom is 0.145 e. The molecule has 0 unspecified atom stereocenters. The van der Waals surface area contributed by atoms with E-state index in [1.807, 2.05) is 48.0 Å². The lowest BCUT2D eigenvalue weighted by Gasteiger charge is -2.05. The molecule has 0 amide bonds. The molecule has 3 aromatic rings. The Morgan fingerprint density at radius 2 is 1.94 bits per heavy atom. The largest absolute Gasteiger partial charge is 0.382 e. The van der Waals surface area contributed by atoms with Gasteiger partial charge in [-0.1, -0.05) is 12.1 Å². The molecule has 0 aliphatic rings. The summed E-state index contributed by atoms with van der Waals surface area (Å²) in [7, 11) is 0. The zero-order valence-corrected chi connectivity index (χ0v) is 9.96. The summed E-state index contributed by atoms with van der Waals surface area (Å²) in [6.45, 7) is 2.02. The van der Waals surface area contributed by atoms with E-state index in [4.69, 9.17) is 5.73 Å². The van der Waals surface area contributed by atoms with Crippen molar-refractivity contribution in [2.75, 3.05) is 5.73 Å². The highest BCUT2D eigenvalue weighted by molar-refractivity contribution is 5.63. The van der Waals surface area contributed by atoms with Crippen LogP contribution in [0.2, 0.25) is 0 Å². The van der Waals surface area contributed by atoms with Crippen LogP contribution < -0.4 is 5.73 Å². The molecule has 0 aliphatic heterocycles. The molecule has 0 radical (unpaired) electrons. The molecule has 2 heterocycles. The van der Waals surface area contributed by atoms with E-state index in [9.17, 15) is 0 Å². The van der Waals surface area contributed by atoms with Crippen LogP contribution in [0.25, 0.3) is 16.9 Å². The molecule has 0 fully saturated rings. The number of nitrogens with two attached hydrogens (primary N) is 1. The number of nitrogens with one attached hydrogen (secondary N) is 1. The van der Waals surface area contributed by atoms with Crippen molar-refractivity contribution in [1.82, 2.24) is 20.0 Å². The minimum atomic E-state index is 0.497. The normalized spacial score (nSPS) is 10.7. The number of H-pyrrole nitrogens is 1. The first-order chi connectivity index (χ1) is 8.74. The zero-order valence-electron chi connectivity index (χ0n) is 9.96. The van der Waals surface area contributed by atoms with E-state index in [0.29, 0.717) is 5.82 Å². The van der Waals surface area contributed by atoms with Crippen LogP contribution in [0.1, 0.15) is 5.69 Å². The second-order valence-electron chi connectivity index (χ2n) is 4.14. The molecular formula is C13H13N5. The Balaban J connectivity index is 1.97. The van der Waals surface area contributed by atoms with Crippen molar-refractivity contribution in [3.8, 4) is 16.9 Å². The standard InChI is InChI=1S/C13H13N5/c1-9-6-7-15-18(9)11-4-2-10(3-5-11)12-8-13(14)17-16-12/h2-8H,1H3,(H3,14,16,17). The third-order valence-electron chi connectivity index (χ3n) is 2.85. The molecule has 0 saturated heterocycles. The summed E-state index contributed by atoms with van der Waals surface area (Å²) < 4.78 is 1.89. The maximum atomic E-state index is 5.59. The summed E-state index contributed by atoms with van der Waals surface area (Å²) in [4.78, 5) is 0. The summed E-state index contributed by atoms with van der Waals surface area (Å²) in [6, 6.07) is 11.9. The van der Waals surface area contributed by atoms with Gasteiger partial charge in [-0.2, -0.15) is 10.2 Å². The number of benzene rings is 1. The quantitative estimate of drug-likeness (QED) is 0.719. The molecule has 18 heavy (non-hydrogen) atoms. The Labute approximate surface area is 104 Å². The molecule has 1 aromatic carbocycles. The van der Waals surface area contributed by atoms with E-state index >= 15 is 0 Å². The van der Waals surface area contributed by atoms with E-state index in [0.717, 1.165) is 22.6 Å². The molecule has 0 aliphatic carbocycles. The molecule has 0 spiro atoms. The lowest BCUT2D eigenvalue weighted by molar-refractivity contribution is 0.847. The fourth-order valence-corrected chi connectivity index (χ4v) is 1.91. The van der Waals surface area contributed by atoms with Gasteiger partial charge in [0.1, 0.15) is 5.82 Å². The van der Waals surface area contributed by atoms with Crippen molar-refractivity contribution in [3.05, 3.63) is 48.3 Å². The number of aromatic nitrogens is 4. The van der Waals surface area contributed by atoms with Crippen LogP contribution in [-0.2, 0) is 0 Å². The zero-order chi connectivity index (χ0) is 12.5. The lowest BCUT2D eigenvalue weighted by atomic mass is 10.1. The summed E-state index contributed by atoms with van der Waals surface area (Å²) in [5, 5.41) is 11.1. The number of hydrogen-bond acceptors (Lipinski definition) is 3. The van der Waals surface area contributed by atoms with Gasteiger partial charge in [0.05, 0.1) is 11.4 Å². The summed E-state index contributed by atoms with van der Waals surface area (Å²) in [5.41, 5.74) is 9.69. The monoisotopic (exact) mass is 239 g/mol. The number of aryl methyl sites for hydroxylation is 1. The minimum Gasteiger partial charge on any atom is -0.382 e. The van der Waals surface area contributed by atoms with Crippen molar-refractivity contribution in [1.29, 1.82) is 0 Å². The van der Waals surface area contributed by atoms with E-state index in [2.05, 4.69) is 15.3 Å². The van der Waals surface area contributed by atoms with Gasteiger partial charge in [-0.15, -0.1) is 0 Å². The number of nitrogen functional groups attached to an aromatic ring is 1. The second-order valence-corrected chi connectivity index (χ2v) is 4.14. The second kappa shape index (κ2) is 4.03. The van der Waals surface area contributed by atoms with Crippen molar-refractivity contribution < 1.29 is 0 Å². The molecule has 5 nitrogen and oxygen atoms in total. The average Bonchev–Trinajstić information content (AvgIpc) is 2.98. The fraction of sp³-hybridized carbons (Fsp3) is 0.0769. The van der Waals surface area contributed by atoms with Crippen LogP contribution in [0.15, 0.2) is 42.6 Å². The van der Waals surface area contributed by atoms with Crippen molar-refractivity contribution >= 4 is 5.82 Å². The minimum absolute atomic E-state index is 0.497. The van der Waals surface area contributed by atoms with E-state index in [-0.39, 0.29) is 0 Å². The Hall–Kier alpha value is -2.56. The Morgan fingerprint density at radius 3 is 2.50 bits per heavy atom. The van der Waals surface area contributed by atoms with Crippen molar-refractivity contribution in [3.63, 3.8) is 0 Å². The Morgan fingerprint density at radius 1 is 1.17 bits per heavy atom. The average molecular weight is 239 g/mol. The number of hydrogen-bond donors (Lipinski definition) is 2. The fourth-order valence-electron chi connectivity index (χ4n) is 1.91. The molecule has 5 heteroatoms. The maximum absolute atomic E-state index is 5.59. The number of rotatable bonds is 2. The van der Waals surface area contributed by atoms with Gasteiger partial charge in [0.15, 0.2) is 0 Å². The summed E-state index contributed by atoms with van der Waals surface area (Å²) in [5.74, 6) is 0.497. The summed E-state index contributed by atoms with van der Waals surface area (Å²) in [6.07, 6.45) is 1.79. The van der Waals surface area contributed by atoms with Gasteiger partial charge < -0.3 is 5.73 Å². The summed E-state index contributed by atoms with van der Waals surface area (Å²) >= 11 is 0. The van der Waals surface area contributed by atoms with E-state index < -0.39 is 0 Å². The lowest BCUT2D eigenvalue weighted by Crippen LogP contribution is -1.97. The smallest absolute Gasteiger partial charge is 0.145 e. The van der Waals surface area contributed by atoms with Crippen LogP contribution in [0.3, 0.4) is 0 Å². The first-order valence-corrected chi connectivity index (χ1v) is 5.66. The first-order valence-electron chi connectivity index (χ1n) is 5.66. The van der Waals surface area contributed by atoms with E-state index in [1.54, 1.807) is 6.20 Å². The topological polar surface area (TPSA) is 72.5 Å². The molecule has 3 rings (SSSR count). The van der Waals surface area contributed by atoms with Gasteiger partial charge in [0.2, 0.25) is 0 Å². The number of anilines is 1. The molecule has 2 aromatic heterocycles. The van der Waals surface area contributed by atoms with Gasteiger partial charge in [0, 0.05) is 18.0 Å². The van der Waals surface area contributed by atoms with Gasteiger partial charge in [-0.05, 0) is 30.7 Å². The van der Waals surface area contributed by atoms with Crippen LogP contribution in [0.4, 0.5) is 5.82 Å². The predicted molar refractivity (Wildman–Crippen MR) is 70.3 cm³/mol. The molecule has 0 atom stereocenters. The highest BCUT2D eigenvalue weighted by Crippen LogP contribution is 2.20. The Bertz CT molecular complexity index is 663. The van der Waals surface area contributed by atoms with E-state index in [1.165, 1.54) is 0 Å². The van der Waals surface area contributed by atoms with Crippen LogP contribution in [-0.4, -0.2) is 20.0 Å². The van der Waals surface area contributed by atoms with Gasteiger partial charge in [-0.25, -0.2) is 4.68 Å². The number of nitrogens with zero attached hydrogens (tertiary/aromatic N) is 3. The predicted octanol–water partition coefficient (Wildman–Crippen LogP) is 2.15. The van der Waals surface area contributed by atoms with Crippen LogP contribution in [0.5, 0.6) is 0 Å². The van der Waals surface area contributed by atoms with Gasteiger partial charge in [-0.3, -0.25) is 5.10 Å². The van der Waals surface area contributed by atoms with Gasteiger partial charge >= 0.3 is 0 Å². The highest BCUT2D eigenvalue weighted by atomic mass is 15.3. The van der Waals surface area contributed by atoms with Crippen LogP contribution in [0, 0.1) is 6.92 Å². The van der Waals surface area contributed by atoms with Gasteiger partial charge in [0.25, 0.3) is 0 Å². The van der Waals surface area contributed by atoms with Crippen LogP contribution >= 0.6 is 0 Å². The molecule has 0 bridgehead atoms. The SMILES string of the molecule is Cc1ccnn1-c1ccc(-c2cc(N)n[nH]2)cc1. The van der Waals surface area contributed by atoms with Crippen molar-refractivity contribution in [2.45, 2.75) is 6.92 Å². The molecule has 90 valence electrons. The van der Waals surface area contributed by atoms with Crippen molar-refractivity contribution in [2.24, 2.45) is 0 Å². The number of aromatic amines is 1. The third-order valence-corrected chi connectivity index (χ3v) is 2.85. The first kappa shape index (κ1) is 10.6. The highest BCUT2D eigenvalue weighted by Gasteiger charge is 2.03. The Kier molecular flexibility index (Phi) is 2.37. The molecule has 3 N–H and O–H groups in total. The molecule has 0 saturated carbocycles.